The van der Waals surface area contributed by atoms with Crippen molar-refractivity contribution in [2.45, 2.75) is 6.54 Å². The molecule has 2 N–H and O–H groups in total. The van der Waals surface area contributed by atoms with E-state index in [0.29, 0.717) is 34.9 Å². The van der Waals surface area contributed by atoms with Crippen molar-refractivity contribution in [1.29, 1.82) is 0 Å². The Hall–Kier alpha value is -3.80. The first-order chi connectivity index (χ1) is 13.7. The van der Waals surface area contributed by atoms with E-state index in [1.54, 1.807) is 42.5 Å². The van der Waals surface area contributed by atoms with Crippen LogP contribution in [-0.2, 0) is 6.54 Å². The Kier molecular flexibility index (Phi) is 4.93. The zero-order valence-corrected chi connectivity index (χ0v) is 15.0. The number of amides is 2. The molecule has 0 fully saturated rings. The van der Waals surface area contributed by atoms with Crippen molar-refractivity contribution in [2.24, 2.45) is 0 Å². The number of carbonyl (C=O) groups excluding carboxylic acids is 2. The summed E-state index contributed by atoms with van der Waals surface area (Å²) >= 11 is 0. The van der Waals surface area contributed by atoms with Crippen LogP contribution in [0.5, 0.6) is 11.5 Å². The zero-order valence-electron chi connectivity index (χ0n) is 15.0. The number of anilines is 1. The van der Waals surface area contributed by atoms with E-state index in [-0.39, 0.29) is 18.6 Å². The molecule has 6 nitrogen and oxygen atoms in total. The number of fused-ring (bicyclic) bond motifs is 1. The predicted molar refractivity (Wildman–Crippen MR) is 105 cm³/mol. The van der Waals surface area contributed by atoms with E-state index >= 15 is 0 Å². The number of benzene rings is 3. The van der Waals surface area contributed by atoms with Crippen LogP contribution in [0.15, 0.2) is 72.8 Å². The Balaban J connectivity index is 1.48. The highest BCUT2D eigenvalue weighted by Gasteiger charge is 2.18. The Morgan fingerprint density at radius 2 is 1.57 bits per heavy atom. The average Bonchev–Trinajstić information content (AvgIpc) is 3.21. The molecule has 0 atom stereocenters. The quantitative estimate of drug-likeness (QED) is 0.715. The molecule has 0 aromatic heterocycles. The molecule has 0 spiro atoms. The molecule has 0 saturated carbocycles. The number of carbonyl (C=O) groups is 2. The first kappa shape index (κ1) is 17.6. The first-order valence-electron chi connectivity index (χ1n) is 8.83. The summed E-state index contributed by atoms with van der Waals surface area (Å²) in [5, 5.41) is 5.68. The minimum Gasteiger partial charge on any atom is -0.454 e. The smallest absolute Gasteiger partial charge is 0.255 e. The summed E-state index contributed by atoms with van der Waals surface area (Å²) in [6, 6.07) is 21.5. The number of para-hydroxylation sites is 1. The van der Waals surface area contributed by atoms with Gasteiger partial charge in [-0.1, -0.05) is 42.5 Å². The van der Waals surface area contributed by atoms with Crippen molar-refractivity contribution in [3.8, 4) is 11.5 Å². The molecule has 1 aliphatic rings. The Bertz CT molecular complexity index is 1020. The number of hydrogen-bond acceptors (Lipinski definition) is 4. The first-order valence-corrected chi connectivity index (χ1v) is 8.83. The SMILES string of the molecule is O=C(Nc1ccccc1C(=O)NCc1ccccc1)c1ccc2c(c1)OCO2. The molecule has 0 aliphatic carbocycles. The molecule has 0 unspecified atom stereocenters. The van der Waals surface area contributed by atoms with Gasteiger partial charge in [0.25, 0.3) is 11.8 Å². The van der Waals surface area contributed by atoms with Gasteiger partial charge in [-0.3, -0.25) is 9.59 Å². The Morgan fingerprint density at radius 3 is 2.43 bits per heavy atom. The maximum absolute atomic E-state index is 12.6. The van der Waals surface area contributed by atoms with Crippen molar-refractivity contribution in [3.63, 3.8) is 0 Å². The summed E-state index contributed by atoms with van der Waals surface area (Å²) in [4.78, 5) is 25.2. The lowest BCUT2D eigenvalue weighted by Gasteiger charge is -2.12. The molecule has 1 heterocycles. The zero-order chi connectivity index (χ0) is 19.3. The van der Waals surface area contributed by atoms with Crippen molar-refractivity contribution in [2.75, 3.05) is 12.1 Å². The third-order valence-electron chi connectivity index (χ3n) is 4.35. The molecule has 0 saturated heterocycles. The number of rotatable bonds is 5. The lowest BCUT2D eigenvalue weighted by atomic mass is 10.1. The van der Waals surface area contributed by atoms with Gasteiger partial charge < -0.3 is 20.1 Å². The monoisotopic (exact) mass is 374 g/mol. The topological polar surface area (TPSA) is 76.7 Å². The van der Waals surface area contributed by atoms with E-state index in [1.165, 1.54) is 0 Å². The highest BCUT2D eigenvalue weighted by Crippen LogP contribution is 2.32. The molecule has 3 aromatic rings. The molecule has 0 bridgehead atoms. The highest BCUT2D eigenvalue weighted by atomic mass is 16.7. The highest BCUT2D eigenvalue weighted by molar-refractivity contribution is 6.09. The van der Waals surface area contributed by atoms with Gasteiger partial charge in [0.05, 0.1) is 11.3 Å². The Labute approximate surface area is 162 Å². The third-order valence-corrected chi connectivity index (χ3v) is 4.35. The van der Waals surface area contributed by atoms with Crippen LogP contribution in [0, 0.1) is 0 Å². The van der Waals surface area contributed by atoms with Gasteiger partial charge in [0.1, 0.15) is 0 Å². The maximum Gasteiger partial charge on any atom is 0.255 e. The van der Waals surface area contributed by atoms with Crippen molar-refractivity contribution >= 4 is 17.5 Å². The van der Waals surface area contributed by atoms with Gasteiger partial charge in [-0.25, -0.2) is 0 Å². The van der Waals surface area contributed by atoms with Gasteiger partial charge in [-0.15, -0.1) is 0 Å². The van der Waals surface area contributed by atoms with E-state index < -0.39 is 0 Å². The van der Waals surface area contributed by atoms with E-state index in [9.17, 15) is 9.59 Å². The minimum atomic E-state index is -0.332. The summed E-state index contributed by atoms with van der Waals surface area (Å²) in [7, 11) is 0. The Morgan fingerprint density at radius 1 is 0.821 bits per heavy atom. The van der Waals surface area contributed by atoms with Crippen LogP contribution < -0.4 is 20.1 Å². The molecule has 1 aliphatic heterocycles. The van der Waals surface area contributed by atoms with Crippen molar-refractivity contribution in [3.05, 3.63) is 89.5 Å². The van der Waals surface area contributed by atoms with Crippen LogP contribution in [0.2, 0.25) is 0 Å². The minimum absolute atomic E-state index is 0.144. The largest absolute Gasteiger partial charge is 0.454 e. The van der Waals surface area contributed by atoms with E-state index in [2.05, 4.69) is 10.6 Å². The van der Waals surface area contributed by atoms with Gasteiger partial charge in [0.15, 0.2) is 11.5 Å². The van der Waals surface area contributed by atoms with Crippen LogP contribution in [-0.4, -0.2) is 18.6 Å². The van der Waals surface area contributed by atoms with Crippen LogP contribution in [0.25, 0.3) is 0 Å². The number of hydrogen-bond donors (Lipinski definition) is 2. The summed E-state index contributed by atoms with van der Waals surface area (Å²) in [6.07, 6.45) is 0. The van der Waals surface area contributed by atoms with Crippen LogP contribution in [0.4, 0.5) is 5.69 Å². The van der Waals surface area contributed by atoms with E-state index in [4.69, 9.17) is 9.47 Å². The predicted octanol–water partition coefficient (Wildman–Crippen LogP) is 3.60. The fraction of sp³-hybridized carbons (Fsp3) is 0.0909. The van der Waals surface area contributed by atoms with E-state index in [0.717, 1.165) is 5.56 Å². The van der Waals surface area contributed by atoms with Gasteiger partial charge >= 0.3 is 0 Å². The maximum atomic E-state index is 12.6. The number of ether oxygens (including phenoxy) is 2. The lowest BCUT2D eigenvalue weighted by Crippen LogP contribution is -2.24. The second-order valence-electron chi connectivity index (χ2n) is 6.24. The summed E-state index contributed by atoms with van der Waals surface area (Å²) in [5.74, 6) is 0.547. The van der Waals surface area contributed by atoms with Gasteiger partial charge in [0, 0.05) is 12.1 Å². The van der Waals surface area contributed by atoms with Gasteiger partial charge in [-0.05, 0) is 35.9 Å². The number of nitrogens with one attached hydrogen (secondary N) is 2. The third kappa shape index (κ3) is 3.81. The standard InChI is InChI=1S/C22H18N2O4/c25-21(16-10-11-19-20(12-16)28-14-27-19)24-18-9-5-4-8-17(18)22(26)23-13-15-6-2-1-3-7-15/h1-12H,13-14H2,(H,23,26)(H,24,25). The second-order valence-corrected chi connectivity index (χ2v) is 6.24. The van der Waals surface area contributed by atoms with Crippen LogP contribution in [0.1, 0.15) is 26.3 Å². The molecule has 6 heteroatoms. The molecule has 3 aromatic carbocycles. The van der Waals surface area contributed by atoms with Crippen LogP contribution >= 0.6 is 0 Å². The van der Waals surface area contributed by atoms with Crippen LogP contribution in [0.3, 0.4) is 0 Å². The fourth-order valence-electron chi connectivity index (χ4n) is 2.90. The molecule has 0 radical (unpaired) electrons. The molecule has 4 rings (SSSR count). The lowest BCUT2D eigenvalue weighted by molar-refractivity contribution is 0.0951. The molecular formula is C22H18N2O4. The summed E-state index contributed by atoms with van der Waals surface area (Å²) in [6.45, 7) is 0.551. The van der Waals surface area contributed by atoms with Crippen molar-refractivity contribution in [1.82, 2.24) is 5.32 Å². The van der Waals surface area contributed by atoms with Gasteiger partial charge in [-0.2, -0.15) is 0 Å². The average molecular weight is 374 g/mol. The van der Waals surface area contributed by atoms with Gasteiger partial charge in [0.2, 0.25) is 6.79 Å². The molecule has 2 amide bonds. The normalized spacial score (nSPS) is 11.7. The summed E-state index contributed by atoms with van der Waals surface area (Å²) in [5.41, 5.74) is 2.25. The van der Waals surface area contributed by atoms with Crippen molar-refractivity contribution < 1.29 is 19.1 Å². The summed E-state index contributed by atoms with van der Waals surface area (Å²) < 4.78 is 10.6. The second kappa shape index (κ2) is 7.84. The van der Waals surface area contributed by atoms with E-state index in [1.807, 2.05) is 30.3 Å². The molecule has 140 valence electrons. The fourth-order valence-corrected chi connectivity index (χ4v) is 2.90. The molecule has 28 heavy (non-hydrogen) atoms. The molecular weight excluding hydrogens is 356 g/mol.